The number of fused-ring (bicyclic) bond motifs is 2. The van der Waals surface area contributed by atoms with E-state index in [4.69, 9.17) is 0 Å². The van der Waals surface area contributed by atoms with Crippen molar-refractivity contribution in [1.82, 2.24) is 14.8 Å². The van der Waals surface area contributed by atoms with Crippen LogP contribution in [-0.4, -0.2) is 52.8 Å². The van der Waals surface area contributed by atoms with Gasteiger partial charge < -0.3 is 14.8 Å². The van der Waals surface area contributed by atoms with Crippen LogP contribution in [0, 0.1) is 0 Å². The van der Waals surface area contributed by atoms with Crippen LogP contribution in [0.15, 0.2) is 77.6 Å². The SMILES string of the molecule is O=C(c1cccc2ccccc12)N1CCN(C(=O)c2cccc3ccc(=O)[nH]c23)CC1. The summed E-state index contributed by atoms with van der Waals surface area (Å²) in [4.78, 5) is 44.4. The van der Waals surface area contributed by atoms with Crippen molar-refractivity contribution >= 4 is 33.5 Å². The Morgan fingerprint density at radius 1 is 0.645 bits per heavy atom. The first-order valence-electron chi connectivity index (χ1n) is 10.3. The van der Waals surface area contributed by atoms with Crippen LogP contribution in [0.3, 0.4) is 0 Å². The zero-order valence-corrected chi connectivity index (χ0v) is 16.9. The minimum absolute atomic E-state index is 0.0154. The van der Waals surface area contributed by atoms with Gasteiger partial charge in [0.1, 0.15) is 0 Å². The predicted octanol–water partition coefficient (Wildman–Crippen LogP) is 3.28. The summed E-state index contributed by atoms with van der Waals surface area (Å²) < 4.78 is 0. The predicted molar refractivity (Wildman–Crippen MR) is 120 cm³/mol. The lowest BCUT2D eigenvalue weighted by Crippen LogP contribution is -2.50. The number of hydrogen-bond acceptors (Lipinski definition) is 3. The number of nitrogens with one attached hydrogen (secondary N) is 1. The minimum Gasteiger partial charge on any atom is -0.335 e. The number of benzene rings is 3. The molecular formula is C25H21N3O3. The zero-order valence-electron chi connectivity index (χ0n) is 16.9. The lowest BCUT2D eigenvalue weighted by Gasteiger charge is -2.35. The van der Waals surface area contributed by atoms with Crippen molar-refractivity contribution in [1.29, 1.82) is 0 Å². The second-order valence-electron chi connectivity index (χ2n) is 7.70. The highest BCUT2D eigenvalue weighted by Crippen LogP contribution is 2.22. The molecule has 0 atom stereocenters. The van der Waals surface area contributed by atoms with Gasteiger partial charge in [0, 0.05) is 37.8 Å². The van der Waals surface area contributed by atoms with Gasteiger partial charge in [-0.1, -0.05) is 48.5 Å². The molecule has 6 heteroatoms. The Labute approximate surface area is 178 Å². The number of pyridine rings is 1. The van der Waals surface area contributed by atoms with Gasteiger partial charge >= 0.3 is 0 Å². The Morgan fingerprint density at radius 2 is 1.23 bits per heavy atom. The van der Waals surface area contributed by atoms with Gasteiger partial charge in [-0.2, -0.15) is 0 Å². The Balaban J connectivity index is 1.35. The van der Waals surface area contributed by atoms with Crippen LogP contribution in [-0.2, 0) is 0 Å². The van der Waals surface area contributed by atoms with Gasteiger partial charge in [0.25, 0.3) is 11.8 Å². The smallest absolute Gasteiger partial charge is 0.256 e. The molecule has 2 amide bonds. The van der Waals surface area contributed by atoms with Crippen LogP contribution in [0.5, 0.6) is 0 Å². The molecule has 0 radical (unpaired) electrons. The maximum absolute atomic E-state index is 13.2. The average Bonchev–Trinajstić information content (AvgIpc) is 2.82. The fourth-order valence-electron chi connectivity index (χ4n) is 4.22. The molecule has 1 aromatic heterocycles. The molecule has 1 N–H and O–H groups in total. The number of aromatic nitrogens is 1. The first kappa shape index (κ1) is 19.1. The summed E-state index contributed by atoms with van der Waals surface area (Å²) in [6.45, 7) is 1.83. The molecule has 0 unspecified atom stereocenters. The Bertz CT molecular complexity index is 1360. The average molecular weight is 411 g/mol. The fourth-order valence-corrected chi connectivity index (χ4v) is 4.22. The third-order valence-corrected chi connectivity index (χ3v) is 5.86. The molecule has 0 aliphatic carbocycles. The maximum Gasteiger partial charge on any atom is 0.256 e. The van der Waals surface area contributed by atoms with E-state index in [1.807, 2.05) is 54.6 Å². The summed E-state index contributed by atoms with van der Waals surface area (Å²) in [5.41, 5.74) is 1.47. The molecule has 1 aliphatic rings. The van der Waals surface area contributed by atoms with E-state index < -0.39 is 0 Å². The summed E-state index contributed by atoms with van der Waals surface area (Å²) in [7, 11) is 0. The van der Waals surface area contributed by atoms with E-state index in [0.29, 0.717) is 42.8 Å². The van der Waals surface area contributed by atoms with Crippen LogP contribution in [0.4, 0.5) is 0 Å². The summed E-state index contributed by atoms with van der Waals surface area (Å²) in [6.07, 6.45) is 0. The standard InChI is InChI=1S/C25H21N3O3/c29-22-12-11-18-7-4-10-21(23(18)26-22)25(31)28-15-13-27(14-16-28)24(30)20-9-3-6-17-5-1-2-8-19(17)20/h1-12H,13-16H2,(H,26,29). The van der Waals surface area contributed by atoms with Gasteiger partial charge in [0.15, 0.2) is 0 Å². The number of H-pyrrole nitrogens is 1. The van der Waals surface area contributed by atoms with Crippen LogP contribution in [0.25, 0.3) is 21.7 Å². The number of amides is 2. The van der Waals surface area contributed by atoms with Gasteiger partial charge in [-0.25, -0.2) is 0 Å². The number of aromatic amines is 1. The van der Waals surface area contributed by atoms with E-state index >= 15 is 0 Å². The number of carbonyl (C=O) groups excluding carboxylic acids is 2. The van der Waals surface area contributed by atoms with Crippen molar-refractivity contribution in [2.45, 2.75) is 0 Å². The number of rotatable bonds is 2. The molecule has 1 fully saturated rings. The van der Waals surface area contributed by atoms with E-state index in [1.54, 1.807) is 21.9 Å². The lowest BCUT2D eigenvalue weighted by atomic mass is 10.0. The van der Waals surface area contributed by atoms with E-state index in [1.165, 1.54) is 6.07 Å². The lowest BCUT2D eigenvalue weighted by molar-refractivity contribution is 0.0537. The molecule has 6 nitrogen and oxygen atoms in total. The van der Waals surface area contributed by atoms with Crippen molar-refractivity contribution in [2.24, 2.45) is 0 Å². The van der Waals surface area contributed by atoms with Gasteiger partial charge in [-0.3, -0.25) is 14.4 Å². The van der Waals surface area contributed by atoms with Crippen LogP contribution in [0.2, 0.25) is 0 Å². The van der Waals surface area contributed by atoms with E-state index in [-0.39, 0.29) is 17.4 Å². The fraction of sp³-hybridized carbons (Fsp3) is 0.160. The monoisotopic (exact) mass is 411 g/mol. The van der Waals surface area contributed by atoms with E-state index in [9.17, 15) is 14.4 Å². The number of para-hydroxylation sites is 1. The van der Waals surface area contributed by atoms with Gasteiger partial charge in [0.2, 0.25) is 5.56 Å². The molecule has 0 spiro atoms. The minimum atomic E-state index is -0.238. The second-order valence-corrected chi connectivity index (χ2v) is 7.70. The topological polar surface area (TPSA) is 73.5 Å². The highest BCUT2D eigenvalue weighted by molar-refractivity contribution is 6.07. The maximum atomic E-state index is 13.2. The van der Waals surface area contributed by atoms with Crippen LogP contribution < -0.4 is 5.56 Å². The molecule has 154 valence electrons. The van der Waals surface area contributed by atoms with Gasteiger partial charge in [-0.15, -0.1) is 0 Å². The van der Waals surface area contributed by atoms with E-state index in [0.717, 1.165) is 16.2 Å². The molecule has 31 heavy (non-hydrogen) atoms. The molecule has 3 aromatic carbocycles. The molecule has 2 heterocycles. The molecule has 0 bridgehead atoms. The molecule has 5 rings (SSSR count). The van der Waals surface area contributed by atoms with Gasteiger partial charge in [0.05, 0.1) is 11.1 Å². The quantitative estimate of drug-likeness (QED) is 0.550. The summed E-state index contributed by atoms with van der Waals surface area (Å²) in [5.74, 6) is -0.150. The van der Waals surface area contributed by atoms with Gasteiger partial charge in [-0.05, 0) is 34.4 Å². The van der Waals surface area contributed by atoms with Crippen molar-refractivity contribution in [3.05, 3.63) is 94.3 Å². The summed E-state index contributed by atoms with van der Waals surface area (Å²) in [6, 6.07) is 22.2. The Kier molecular flexibility index (Phi) is 4.75. The second kappa shape index (κ2) is 7.72. The molecule has 0 saturated carbocycles. The van der Waals surface area contributed by atoms with Crippen molar-refractivity contribution in [3.63, 3.8) is 0 Å². The highest BCUT2D eigenvalue weighted by Gasteiger charge is 2.27. The third kappa shape index (κ3) is 3.46. The zero-order chi connectivity index (χ0) is 21.4. The molecule has 4 aromatic rings. The molecular weight excluding hydrogens is 390 g/mol. The van der Waals surface area contributed by atoms with Crippen LogP contribution >= 0.6 is 0 Å². The highest BCUT2D eigenvalue weighted by atomic mass is 16.2. The number of hydrogen-bond donors (Lipinski definition) is 1. The van der Waals surface area contributed by atoms with Crippen molar-refractivity contribution in [2.75, 3.05) is 26.2 Å². The number of piperazine rings is 1. The number of carbonyl (C=O) groups is 2. The van der Waals surface area contributed by atoms with Crippen molar-refractivity contribution in [3.8, 4) is 0 Å². The Hall–Kier alpha value is -3.93. The normalized spacial score (nSPS) is 14.2. The third-order valence-electron chi connectivity index (χ3n) is 5.86. The molecule has 1 aliphatic heterocycles. The molecule has 1 saturated heterocycles. The summed E-state index contributed by atoms with van der Waals surface area (Å²) in [5, 5.41) is 2.79. The summed E-state index contributed by atoms with van der Waals surface area (Å²) >= 11 is 0. The van der Waals surface area contributed by atoms with Crippen molar-refractivity contribution < 1.29 is 9.59 Å². The largest absolute Gasteiger partial charge is 0.335 e. The first-order chi connectivity index (χ1) is 15.1. The Morgan fingerprint density at radius 3 is 1.97 bits per heavy atom. The number of nitrogens with zero attached hydrogens (tertiary/aromatic N) is 2. The van der Waals surface area contributed by atoms with E-state index in [2.05, 4.69) is 4.98 Å². The van der Waals surface area contributed by atoms with Crippen LogP contribution in [0.1, 0.15) is 20.7 Å². The first-order valence-corrected chi connectivity index (χ1v) is 10.3.